The van der Waals surface area contributed by atoms with Crippen molar-refractivity contribution in [1.29, 1.82) is 0 Å². The van der Waals surface area contributed by atoms with Gasteiger partial charge >= 0.3 is 0 Å². The van der Waals surface area contributed by atoms with Crippen LogP contribution in [0.4, 0.5) is 0 Å². The van der Waals surface area contributed by atoms with Gasteiger partial charge in [-0.1, -0.05) is 309 Å². The van der Waals surface area contributed by atoms with E-state index in [0.29, 0.717) is 55.0 Å². The van der Waals surface area contributed by atoms with E-state index in [1.807, 2.05) is 24.3 Å². The van der Waals surface area contributed by atoms with Gasteiger partial charge in [-0.25, -0.2) is 19.6 Å². The Morgan fingerprint density at radius 2 is 0.693 bits per heavy atom. The van der Waals surface area contributed by atoms with Crippen molar-refractivity contribution in [3.8, 4) is 33.4 Å². The molecule has 9 aromatic rings. The minimum atomic E-state index is -0.478. The first-order valence-corrected chi connectivity index (χ1v) is 48.7. The predicted octanol–water partition coefficient (Wildman–Crippen LogP) is 32.0. The maximum atomic E-state index is 8.98. The van der Waals surface area contributed by atoms with Crippen LogP contribution in [0.5, 0.6) is 0 Å². The lowest BCUT2D eigenvalue weighted by Crippen LogP contribution is -2.30. The topological polar surface area (TPSA) is 146 Å². The molecule has 0 saturated heterocycles. The molecule has 0 aliphatic heterocycles. The van der Waals surface area contributed by atoms with Crippen molar-refractivity contribution in [2.45, 2.75) is 319 Å². The lowest BCUT2D eigenvalue weighted by atomic mass is 9.75. The normalized spacial score (nSPS) is 21.5. The molecule has 4 N–H and O–H groups in total. The number of hydrogen-bond donors (Lipinski definition) is 4. The molecule has 127 heavy (non-hydrogen) atoms. The largest absolute Gasteiger partial charge is 0.377 e. The van der Waals surface area contributed by atoms with E-state index in [4.69, 9.17) is 35.2 Å². The second kappa shape index (κ2) is 54.2. The third-order valence-electron chi connectivity index (χ3n) is 28.3. The average Bonchev–Trinajstić information content (AvgIpc) is 0.809. The van der Waals surface area contributed by atoms with Gasteiger partial charge in [-0.15, -0.1) is 26.3 Å². The van der Waals surface area contributed by atoms with Crippen molar-refractivity contribution in [1.82, 2.24) is 0 Å². The highest BCUT2D eigenvalue weighted by Crippen LogP contribution is 2.45. The third-order valence-corrected chi connectivity index (χ3v) is 28.3. The van der Waals surface area contributed by atoms with Gasteiger partial charge in [0.05, 0.1) is 18.8 Å². The van der Waals surface area contributed by atoms with Gasteiger partial charge in [0, 0.05) is 6.61 Å². The molecule has 5 fully saturated rings. The number of benzene rings is 9. The molecule has 4 unspecified atom stereocenters. The van der Waals surface area contributed by atoms with Crippen LogP contribution in [-0.2, 0) is 59.6 Å². The molecule has 5 aliphatic carbocycles. The Morgan fingerprint density at radius 1 is 0.339 bits per heavy atom. The zero-order chi connectivity index (χ0) is 89.3. The number of ether oxygens (including phenoxy) is 3. The van der Waals surface area contributed by atoms with Crippen LogP contribution in [0.15, 0.2) is 263 Å². The third kappa shape index (κ3) is 30.6. The van der Waals surface area contributed by atoms with Gasteiger partial charge < -0.3 is 14.2 Å². The van der Waals surface area contributed by atoms with Gasteiger partial charge in [-0.2, -0.15) is 0 Å². The SMILES string of the molecule is C=CC(CCCCCOCc1ccc(C2CCC(c3ccc(-c4ccc(CCC)cc4)c(C)c3)CC2)cc1)OO.C=CC(OO)C1CCC(OCOC2CCC(c3ccc(-c4ccc(CCC)cc4)cc3)CC2)CC1.C=CC(OO)c1ccc(-c2ccc(C3CCC(CCC)CC3)cc2)cc1.C=CC(OO)c1ccc(C2CCC(c3ccc(CCC)cc3)CC2)cc1. The van der Waals surface area contributed by atoms with E-state index >= 15 is 0 Å². The Labute approximate surface area is 762 Å². The number of aryl methyl sites for hydroxylation is 4. The summed E-state index contributed by atoms with van der Waals surface area (Å²) in [7, 11) is 0. The summed E-state index contributed by atoms with van der Waals surface area (Å²) in [5.41, 5.74) is 25.3. The fourth-order valence-electron chi connectivity index (χ4n) is 20.4. The molecule has 4 atom stereocenters. The fourth-order valence-corrected chi connectivity index (χ4v) is 20.4. The first-order chi connectivity index (χ1) is 62.3. The van der Waals surface area contributed by atoms with Gasteiger partial charge in [0.15, 0.2) is 0 Å². The van der Waals surface area contributed by atoms with Crippen LogP contribution in [0.3, 0.4) is 0 Å². The van der Waals surface area contributed by atoms with E-state index in [9.17, 15) is 0 Å². The van der Waals surface area contributed by atoms with Gasteiger partial charge in [-0.05, 0) is 320 Å². The maximum Gasteiger partial charge on any atom is 0.147 e. The van der Waals surface area contributed by atoms with Crippen LogP contribution >= 0.6 is 0 Å². The molecule has 11 heteroatoms. The summed E-state index contributed by atoms with van der Waals surface area (Å²) in [6, 6.07) is 78.5. The van der Waals surface area contributed by atoms with Crippen molar-refractivity contribution in [3.63, 3.8) is 0 Å². The van der Waals surface area contributed by atoms with Crippen LogP contribution < -0.4 is 0 Å². The van der Waals surface area contributed by atoms with Crippen molar-refractivity contribution in [2.24, 2.45) is 11.8 Å². The Bertz CT molecular complexity index is 4560. The van der Waals surface area contributed by atoms with E-state index in [1.165, 1.54) is 223 Å². The molecular weight excluding hydrogens is 1570 g/mol. The summed E-state index contributed by atoms with van der Waals surface area (Å²) in [4.78, 5) is 17.7. The maximum absolute atomic E-state index is 8.98. The average molecular weight is 1720 g/mol. The first kappa shape index (κ1) is 99.1. The molecular formula is C116H150O11. The number of unbranched alkanes of at least 4 members (excludes halogenated alkanes) is 2. The molecule has 9 aromatic carbocycles. The van der Waals surface area contributed by atoms with Crippen LogP contribution in [0.25, 0.3) is 33.4 Å². The van der Waals surface area contributed by atoms with Crippen molar-refractivity contribution in [2.75, 3.05) is 13.4 Å². The number of rotatable bonds is 40. The van der Waals surface area contributed by atoms with Crippen LogP contribution in [0, 0.1) is 18.8 Å². The second-order valence-corrected chi connectivity index (χ2v) is 36.9. The van der Waals surface area contributed by atoms with E-state index in [1.54, 1.807) is 24.3 Å². The molecule has 680 valence electrons. The van der Waals surface area contributed by atoms with E-state index in [2.05, 4.69) is 269 Å². The minimum Gasteiger partial charge on any atom is -0.377 e. The quantitative estimate of drug-likeness (QED) is 0.00957. The Morgan fingerprint density at radius 3 is 1.08 bits per heavy atom. The fraction of sp³-hybridized carbons (Fsp3) is 0.466. The second-order valence-electron chi connectivity index (χ2n) is 36.9. The molecule has 0 aromatic heterocycles. The smallest absolute Gasteiger partial charge is 0.147 e. The molecule has 0 amide bonds. The van der Waals surface area contributed by atoms with Crippen molar-refractivity contribution < 1.29 is 54.8 Å². The molecule has 11 nitrogen and oxygen atoms in total. The van der Waals surface area contributed by atoms with Gasteiger partial charge in [0.1, 0.15) is 31.2 Å². The molecule has 0 spiro atoms. The summed E-state index contributed by atoms with van der Waals surface area (Å²) < 4.78 is 18.0. The summed E-state index contributed by atoms with van der Waals surface area (Å²) in [6.07, 6.45) is 43.2. The Kier molecular flexibility index (Phi) is 42.3. The van der Waals surface area contributed by atoms with Crippen LogP contribution in [-0.4, -0.2) is 58.8 Å². The van der Waals surface area contributed by atoms with Crippen LogP contribution in [0.2, 0.25) is 0 Å². The molecule has 5 saturated carbocycles. The highest BCUT2D eigenvalue weighted by Gasteiger charge is 2.31. The van der Waals surface area contributed by atoms with E-state index in [-0.39, 0.29) is 18.3 Å². The van der Waals surface area contributed by atoms with Crippen molar-refractivity contribution >= 4 is 0 Å². The first-order valence-electron chi connectivity index (χ1n) is 48.7. The highest BCUT2D eigenvalue weighted by molar-refractivity contribution is 5.69. The Hall–Kier alpha value is -8.50. The lowest BCUT2D eigenvalue weighted by Gasteiger charge is -2.32. The summed E-state index contributed by atoms with van der Waals surface area (Å²) in [6.45, 7) is 27.8. The highest BCUT2D eigenvalue weighted by atomic mass is 17.1. The zero-order valence-electron chi connectivity index (χ0n) is 77.3. The molecule has 0 heterocycles. The summed E-state index contributed by atoms with van der Waals surface area (Å²) in [5, 5.41) is 35.5. The predicted molar refractivity (Wildman–Crippen MR) is 524 cm³/mol. The summed E-state index contributed by atoms with van der Waals surface area (Å²) >= 11 is 0. The van der Waals surface area contributed by atoms with Gasteiger partial charge in [0.25, 0.3) is 0 Å². The van der Waals surface area contributed by atoms with Crippen molar-refractivity contribution in [3.05, 3.63) is 335 Å². The van der Waals surface area contributed by atoms with Crippen LogP contribution in [0.1, 0.15) is 334 Å². The Balaban J connectivity index is 0.000000167. The molecule has 0 bridgehead atoms. The standard InChI is InChI=1S/C37H48O3.C31H42O4.2C24H30O2/c1-4-9-29-11-17-34(18-12-29)37-24-23-35(26-28(37)3)33-21-19-32(20-22-33)31-15-13-30(14-16-31)27-39-25-8-6-7-10-36(5-2)40-38;1-3-5-23-6-8-24(9-7-23)25-10-12-26(13-11-25)27-14-18-29(19-15-27)33-22-34-30-20-16-28(17-21-30)31(4-2)35-32;2*1-3-5-18-6-8-19(9-7-18)20-10-12-21(13-11-20)22-14-16-23(17-15-22)24(4-2)26-25/h5,11-18,23-24,26,32-33,36,38H,2,4,6-10,19-22,25,27H2,1,3H3;4,6-13,27-32H,2-3,5,14-22H2,1H3;4,10-19,24-25H,2-3,5-9H2,1H3;4,6-9,14-17,20-21,24-25H,2-3,5,10-13H2,1H3. The van der Waals surface area contributed by atoms with E-state index < -0.39 is 12.2 Å². The van der Waals surface area contributed by atoms with E-state index in [0.717, 1.165) is 107 Å². The minimum absolute atomic E-state index is 0.244. The summed E-state index contributed by atoms with van der Waals surface area (Å²) in [5.74, 6) is 5.31. The molecule has 5 aliphatic rings. The molecule has 0 radical (unpaired) electrons. The zero-order valence-corrected chi connectivity index (χ0v) is 77.3. The van der Waals surface area contributed by atoms with Gasteiger partial charge in [-0.3, -0.25) is 21.0 Å². The molecule has 14 rings (SSSR count). The monoisotopic (exact) mass is 1720 g/mol. The van der Waals surface area contributed by atoms with Gasteiger partial charge in [0.2, 0.25) is 0 Å². The lowest BCUT2D eigenvalue weighted by molar-refractivity contribution is -0.279. The number of hydrogen-bond acceptors (Lipinski definition) is 11.